The lowest BCUT2D eigenvalue weighted by molar-refractivity contribution is -0.0508. The first-order valence-electron chi connectivity index (χ1n) is 7.39. The van der Waals surface area contributed by atoms with Gasteiger partial charge in [-0.25, -0.2) is 0 Å². The van der Waals surface area contributed by atoms with Crippen LogP contribution in [-0.4, -0.2) is 18.3 Å². The number of hydrogen-bond donors (Lipinski definition) is 1. The van der Waals surface area contributed by atoms with Crippen LogP contribution < -0.4 is 10.5 Å². The second-order valence-corrected chi connectivity index (χ2v) is 5.83. The molecule has 0 bridgehead atoms. The topological polar surface area (TPSA) is 44.5 Å². The number of rotatable bonds is 4. The minimum Gasteiger partial charge on any atom is -0.491 e. The summed E-state index contributed by atoms with van der Waals surface area (Å²) in [5, 5.41) is 0. The van der Waals surface area contributed by atoms with E-state index in [0.717, 1.165) is 17.7 Å². The first-order valence-corrected chi connectivity index (χ1v) is 7.39. The highest BCUT2D eigenvalue weighted by atomic mass is 16.6. The monoisotopic (exact) mass is 261 g/mol. The summed E-state index contributed by atoms with van der Waals surface area (Å²) in [7, 11) is 0. The average Bonchev–Trinajstić information content (AvgIpc) is 3.08. The summed E-state index contributed by atoms with van der Waals surface area (Å²) in [5.41, 5.74) is 6.92. The van der Waals surface area contributed by atoms with E-state index >= 15 is 0 Å². The molecule has 1 aromatic carbocycles. The lowest BCUT2D eigenvalue weighted by Gasteiger charge is -2.23. The van der Waals surface area contributed by atoms with Crippen LogP contribution in [0.3, 0.4) is 0 Å². The van der Waals surface area contributed by atoms with Gasteiger partial charge in [0.15, 0.2) is 0 Å². The number of ether oxygens (including phenoxy) is 2. The van der Waals surface area contributed by atoms with Crippen molar-refractivity contribution >= 4 is 0 Å². The fourth-order valence-electron chi connectivity index (χ4n) is 3.31. The molecule has 0 amide bonds. The van der Waals surface area contributed by atoms with E-state index in [-0.39, 0.29) is 11.7 Å². The number of hydrogen-bond acceptors (Lipinski definition) is 3. The third-order valence-corrected chi connectivity index (χ3v) is 4.45. The molecule has 1 atom stereocenters. The fourth-order valence-corrected chi connectivity index (χ4v) is 3.31. The van der Waals surface area contributed by atoms with Gasteiger partial charge in [0.25, 0.3) is 0 Å². The van der Waals surface area contributed by atoms with E-state index in [1.165, 1.54) is 32.1 Å². The van der Waals surface area contributed by atoms with Gasteiger partial charge in [-0.05, 0) is 43.4 Å². The summed E-state index contributed by atoms with van der Waals surface area (Å²) < 4.78 is 12.1. The summed E-state index contributed by atoms with van der Waals surface area (Å²) in [5.74, 6) is 0.910. The van der Waals surface area contributed by atoms with Crippen LogP contribution in [0.1, 0.15) is 44.1 Å². The summed E-state index contributed by atoms with van der Waals surface area (Å²) in [6.07, 6.45) is 7.77. The maximum Gasteiger partial charge on any atom is 0.119 e. The zero-order chi connectivity index (χ0) is 13.1. The molecule has 0 radical (unpaired) electrons. The zero-order valence-corrected chi connectivity index (χ0v) is 11.4. The SMILES string of the molecule is NCc1ccc(OCC2CCC3(CCCC3)O2)cc1. The van der Waals surface area contributed by atoms with Crippen molar-refractivity contribution in [2.45, 2.75) is 56.8 Å². The Labute approximate surface area is 115 Å². The van der Waals surface area contributed by atoms with Crippen molar-refractivity contribution in [3.63, 3.8) is 0 Å². The summed E-state index contributed by atoms with van der Waals surface area (Å²) in [6, 6.07) is 8.01. The molecule has 2 fully saturated rings. The highest BCUT2D eigenvalue weighted by molar-refractivity contribution is 5.27. The highest BCUT2D eigenvalue weighted by Crippen LogP contribution is 2.43. The number of nitrogens with two attached hydrogens (primary N) is 1. The summed E-state index contributed by atoms with van der Waals surface area (Å²) in [4.78, 5) is 0. The van der Waals surface area contributed by atoms with E-state index in [9.17, 15) is 0 Å². The van der Waals surface area contributed by atoms with Crippen molar-refractivity contribution in [1.82, 2.24) is 0 Å². The second-order valence-electron chi connectivity index (χ2n) is 5.83. The molecule has 1 aliphatic carbocycles. The van der Waals surface area contributed by atoms with Gasteiger partial charge in [-0.1, -0.05) is 25.0 Å². The van der Waals surface area contributed by atoms with Crippen molar-refractivity contribution < 1.29 is 9.47 Å². The predicted octanol–water partition coefficient (Wildman–Crippen LogP) is 3.02. The molecule has 0 aromatic heterocycles. The first-order chi connectivity index (χ1) is 9.30. The van der Waals surface area contributed by atoms with E-state index in [1.807, 2.05) is 24.3 Å². The van der Waals surface area contributed by atoms with Crippen molar-refractivity contribution in [2.24, 2.45) is 5.73 Å². The second kappa shape index (κ2) is 5.51. The third kappa shape index (κ3) is 2.93. The lowest BCUT2D eigenvalue weighted by atomic mass is 9.98. The van der Waals surface area contributed by atoms with Crippen molar-refractivity contribution in [1.29, 1.82) is 0 Å². The van der Waals surface area contributed by atoms with Crippen LogP contribution in [0.2, 0.25) is 0 Å². The van der Waals surface area contributed by atoms with E-state index in [2.05, 4.69) is 0 Å². The summed E-state index contributed by atoms with van der Waals surface area (Å²) in [6.45, 7) is 1.25. The van der Waals surface area contributed by atoms with Crippen LogP contribution in [0.4, 0.5) is 0 Å². The lowest BCUT2D eigenvalue weighted by Crippen LogP contribution is -2.27. The average molecular weight is 261 g/mol. The van der Waals surface area contributed by atoms with Crippen molar-refractivity contribution in [3.05, 3.63) is 29.8 Å². The van der Waals surface area contributed by atoms with E-state index in [1.54, 1.807) is 0 Å². The molecule has 1 aromatic rings. The highest BCUT2D eigenvalue weighted by Gasteiger charge is 2.42. The standard InChI is InChI=1S/C16H23NO2/c17-11-13-3-5-14(6-4-13)18-12-15-7-10-16(19-15)8-1-2-9-16/h3-6,15H,1-2,7-12,17H2. The Balaban J connectivity index is 1.49. The van der Waals surface area contributed by atoms with E-state index in [0.29, 0.717) is 13.2 Å². The van der Waals surface area contributed by atoms with Gasteiger partial charge >= 0.3 is 0 Å². The molecule has 104 valence electrons. The molecule has 1 heterocycles. The van der Waals surface area contributed by atoms with Crippen LogP contribution in [0.5, 0.6) is 5.75 Å². The Kier molecular flexibility index (Phi) is 3.76. The fraction of sp³-hybridized carbons (Fsp3) is 0.625. The minimum absolute atomic E-state index is 0.206. The van der Waals surface area contributed by atoms with E-state index in [4.69, 9.17) is 15.2 Å². The molecule has 3 nitrogen and oxygen atoms in total. The summed E-state index contributed by atoms with van der Waals surface area (Å²) >= 11 is 0. The zero-order valence-electron chi connectivity index (χ0n) is 11.4. The van der Waals surface area contributed by atoms with E-state index < -0.39 is 0 Å². The van der Waals surface area contributed by atoms with Gasteiger partial charge in [0, 0.05) is 6.54 Å². The van der Waals surface area contributed by atoms with Gasteiger partial charge in [-0.15, -0.1) is 0 Å². The normalized spacial score (nSPS) is 25.0. The molecule has 1 unspecified atom stereocenters. The Morgan fingerprint density at radius 1 is 1.16 bits per heavy atom. The molecule has 1 aliphatic heterocycles. The van der Waals surface area contributed by atoms with Gasteiger partial charge < -0.3 is 15.2 Å². The van der Waals surface area contributed by atoms with Gasteiger partial charge in [0.1, 0.15) is 12.4 Å². The van der Waals surface area contributed by atoms with Gasteiger partial charge in [-0.2, -0.15) is 0 Å². The third-order valence-electron chi connectivity index (χ3n) is 4.45. The molecular formula is C16H23NO2. The van der Waals surface area contributed by atoms with Crippen LogP contribution in [0.25, 0.3) is 0 Å². The maximum absolute atomic E-state index is 6.23. The molecule has 2 aliphatic rings. The largest absolute Gasteiger partial charge is 0.491 e. The molecule has 2 N–H and O–H groups in total. The quantitative estimate of drug-likeness (QED) is 0.906. The molecule has 1 spiro atoms. The van der Waals surface area contributed by atoms with Crippen molar-refractivity contribution in [3.8, 4) is 5.75 Å². The maximum atomic E-state index is 6.23. The predicted molar refractivity (Wildman–Crippen MR) is 75.1 cm³/mol. The van der Waals surface area contributed by atoms with Crippen LogP contribution in [-0.2, 0) is 11.3 Å². The molecule has 19 heavy (non-hydrogen) atoms. The number of benzene rings is 1. The molecule has 3 rings (SSSR count). The smallest absolute Gasteiger partial charge is 0.119 e. The van der Waals surface area contributed by atoms with Gasteiger partial charge in [0.05, 0.1) is 11.7 Å². The Hall–Kier alpha value is -1.06. The Bertz CT molecular complexity index is 409. The molecule has 1 saturated carbocycles. The van der Waals surface area contributed by atoms with Crippen LogP contribution in [0, 0.1) is 0 Å². The van der Waals surface area contributed by atoms with Crippen LogP contribution >= 0.6 is 0 Å². The van der Waals surface area contributed by atoms with Crippen LogP contribution in [0.15, 0.2) is 24.3 Å². The van der Waals surface area contributed by atoms with Crippen molar-refractivity contribution in [2.75, 3.05) is 6.61 Å². The molecule has 1 saturated heterocycles. The van der Waals surface area contributed by atoms with Gasteiger partial charge in [-0.3, -0.25) is 0 Å². The molecule has 3 heteroatoms. The Morgan fingerprint density at radius 2 is 1.89 bits per heavy atom. The van der Waals surface area contributed by atoms with Gasteiger partial charge in [0.2, 0.25) is 0 Å². The molecular weight excluding hydrogens is 238 g/mol. The minimum atomic E-state index is 0.206. The first kappa shape index (κ1) is 12.9. The Morgan fingerprint density at radius 3 is 2.58 bits per heavy atom.